The van der Waals surface area contributed by atoms with Crippen LogP contribution in [0.25, 0.3) is 16.5 Å². The molecule has 0 saturated heterocycles. The molecule has 0 aromatic heterocycles. The first-order chi connectivity index (χ1) is 11.7. The van der Waals surface area contributed by atoms with Crippen molar-refractivity contribution in [2.45, 2.75) is 26.3 Å². The van der Waals surface area contributed by atoms with Crippen molar-refractivity contribution in [2.24, 2.45) is 0 Å². The Bertz CT molecular complexity index is 895. The second-order valence-corrected chi connectivity index (χ2v) is 6.00. The van der Waals surface area contributed by atoms with Crippen molar-refractivity contribution in [3.63, 3.8) is 0 Å². The largest absolute Gasteiger partial charge is 0.372 e. The molecule has 1 N–H and O–H groups in total. The SMILES string of the molecule is C=C=C(N[C@H](C)c1cccc2ccccc12)c1ccccc1CC. The maximum atomic E-state index is 3.90. The fourth-order valence-corrected chi connectivity index (χ4v) is 3.22. The Morgan fingerprint density at radius 1 is 1.00 bits per heavy atom. The molecule has 120 valence electrons. The molecule has 0 saturated carbocycles. The highest BCUT2D eigenvalue weighted by molar-refractivity contribution is 5.86. The average Bonchev–Trinajstić information content (AvgIpc) is 2.65. The second kappa shape index (κ2) is 7.21. The van der Waals surface area contributed by atoms with Crippen LogP contribution in [0.3, 0.4) is 0 Å². The summed E-state index contributed by atoms with van der Waals surface area (Å²) in [5.74, 6) is 0. The van der Waals surface area contributed by atoms with Crippen LogP contribution in [0.5, 0.6) is 0 Å². The number of aryl methyl sites for hydroxylation is 1. The Hall–Kier alpha value is -2.76. The van der Waals surface area contributed by atoms with Gasteiger partial charge < -0.3 is 5.32 Å². The van der Waals surface area contributed by atoms with E-state index in [2.05, 4.69) is 98.2 Å². The molecular formula is C23H23N. The topological polar surface area (TPSA) is 12.0 Å². The van der Waals surface area contributed by atoms with Gasteiger partial charge in [-0.05, 0) is 35.2 Å². The summed E-state index contributed by atoms with van der Waals surface area (Å²) in [6, 6.07) is 23.6. The van der Waals surface area contributed by atoms with Gasteiger partial charge in [0.05, 0.1) is 5.70 Å². The molecule has 1 heteroatoms. The lowest BCUT2D eigenvalue weighted by Gasteiger charge is -2.20. The minimum absolute atomic E-state index is 0.172. The molecule has 0 heterocycles. The lowest BCUT2D eigenvalue weighted by atomic mass is 9.98. The van der Waals surface area contributed by atoms with Gasteiger partial charge in [-0.15, -0.1) is 5.73 Å². The van der Waals surface area contributed by atoms with Crippen molar-refractivity contribution in [2.75, 3.05) is 0 Å². The van der Waals surface area contributed by atoms with Gasteiger partial charge >= 0.3 is 0 Å². The Morgan fingerprint density at radius 3 is 2.50 bits per heavy atom. The first kappa shape index (κ1) is 16.1. The van der Waals surface area contributed by atoms with Crippen LogP contribution in [-0.2, 0) is 6.42 Å². The summed E-state index contributed by atoms with van der Waals surface area (Å²) in [5, 5.41) is 6.16. The summed E-state index contributed by atoms with van der Waals surface area (Å²) < 4.78 is 0. The molecular weight excluding hydrogens is 290 g/mol. The molecule has 0 aliphatic heterocycles. The van der Waals surface area contributed by atoms with E-state index < -0.39 is 0 Å². The van der Waals surface area contributed by atoms with Crippen molar-refractivity contribution in [3.8, 4) is 0 Å². The van der Waals surface area contributed by atoms with E-state index in [1.54, 1.807) is 0 Å². The van der Waals surface area contributed by atoms with E-state index in [1.165, 1.54) is 27.5 Å². The molecule has 0 amide bonds. The van der Waals surface area contributed by atoms with E-state index in [-0.39, 0.29) is 6.04 Å². The zero-order valence-corrected chi connectivity index (χ0v) is 14.3. The van der Waals surface area contributed by atoms with E-state index in [4.69, 9.17) is 0 Å². The van der Waals surface area contributed by atoms with Gasteiger partial charge in [0.2, 0.25) is 0 Å². The second-order valence-electron chi connectivity index (χ2n) is 6.00. The number of rotatable bonds is 5. The first-order valence-electron chi connectivity index (χ1n) is 8.47. The normalized spacial score (nSPS) is 11.8. The summed E-state index contributed by atoms with van der Waals surface area (Å²) in [4.78, 5) is 0. The van der Waals surface area contributed by atoms with Crippen LogP contribution in [0, 0.1) is 0 Å². The highest BCUT2D eigenvalue weighted by Gasteiger charge is 2.12. The van der Waals surface area contributed by atoms with Crippen molar-refractivity contribution in [1.82, 2.24) is 5.32 Å². The minimum Gasteiger partial charge on any atom is -0.372 e. The van der Waals surface area contributed by atoms with Gasteiger partial charge in [-0.2, -0.15) is 0 Å². The lowest BCUT2D eigenvalue weighted by molar-refractivity contribution is 0.706. The Morgan fingerprint density at radius 2 is 1.71 bits per heavy atom. The number of nitrogens with one attached hydrogen (secondary N) is 1. The molecule has 0 radical (unpaired) electrons. The van der Waals surface area contributed by atoms with Gasteiger partial charge in [-0.1, -0.05) is 80.2 Å². The zero-order valence-electron chi connectivity index (χ0n) is 14.3. The van der Waals surface area contributed by atoms with Gasteiger partial charge in [0.25, 0.3) is 0 Å². The van der Waals surface area contributed by atoms with E-state index in [0.29, 0.717) is 0 Å². The van der Waals surface area contributed by atoms with Crippen LogP contribution < -0.4 is 5.32 Å². The number of fused-ring (bicyclic) bond motifs is 1. The molecule has 3 aromatic rings. The first-order valence-corrected chi connectivity index (χ1v) is 8.47. The van der Waals surface area contributed by atoms with E-state index in [9.17, 15) is 0 Å². The van der Waals surface area contributed by atoms with Crippen LogP contribution in [-0.4, -0.2) is 0 Å². The van der Waals surface area contributed by atoms with Crippen LogP contribution in [0.2, 0.25) is 0 Å². The third kappa shape index (κ3) is 3.13. The van der Waals surface area contributed by atoms with Gasteiger partial charge in [0.1, 0.15) is 0 Å². The van der Waals surface area contributed by atoms with Gasteiger partial charge in [-0.25, -0.2) is 0 Å². The highest BCUT2D eigenvalue weighted by Crippen LogP contribution is 2.26. The molecule has 1 atom stereocenters. The van der Waals surface area contributed by atoms with Gasteiger partial charge in [-0.3, -0.25) is 0 Å². The van der Waals surface area contributed by atoms with Gasteiger partial charge in [0, 0.05) is 11.6 Å². The summed E-state index contributed by atoms with van der Waals surface area (Å²) in [7, 11) is 0. The quantitative estimate of drug-likeness (QED) is 0.580. The molecule has 0 aliphatic carbocycles. The highest BCUT2D eigenvalue weighted by atomic mass is 14.9. The molecule has 0 fully saturated rings. The average molecular weight is 313 g/mol. The molecule has 0 unspecified atom stereocenters. The zero-order chi connectivity index (χ0) is 16.9. The minimum atomic E-state index is 0.172. The Kier molecular flexibility index (Phi) is 4.84. The Balaban J connectivity index is 1.95. The summed E-state index contributed by atoms with van der Waals surface area (Å²) in [5.41, 5.74) is 7.84. The monoisotopic (exact) mass is 313 g/mol. The summed E-state index contributed by atoms with van der Waals surface area (Å²) >= 11 is 0. The van der Waals surface area contributed by atoms with Crippen LogP contribution in [0.15, 0.2) is 79.0 Å². The predicted octanol–water partition coefficient (Wildman–Crippen LogP) is 5.88. The number of benzene rings is 3. The molecule has 0 aliphatic rings. The van der Waals surface area contributed by atoms with Crippen molar-refractivity contribution >= 4 is 16.5 Å². The van der Waals surface area contributed by atoms with Crippen LogP contribution in [0.4, 0.5) is 0 Å². The van der Waals surface area contributed by atoms with Crippen molar-refractivity contribution in [1.29, 1.82) is 0 Å². The standard InChI is InChI=1S/C23H23N/c1-4-18-11-6-9-15-22(18)23(5-2)24-17(3)20-16-10-13-19-12-7-8-14-21(19)20/h6-17,24H,2,4H2,1,3H3/t17-/m1/s1. The number of hydrogen-bond acceptors (Lipinski definition) is 1. The fourth-order valence-electron chi connectivity index (χ4n) is 3.22. The number of hydrogen-bond donors (Lipinski definition) is 1. The molecule has 3 aromatic carbocycles. The third-order valence-corrected chi connectivity index (χ3v) is 4.50. The maximum Gasteiger partial charge on any atom is 0.0848 e. The van der Waals surface area contributed by atoms with Crippen LogP contribution in [0.1, 0.15) is 36.6 Å². The maximum absolute atomic E-state index is 3.90. The molecule has 1 nitrogen and oxygen atoms in total. The van der Waals surface area contributed by atoms with Crippen LogP contribution >= 0.6 is 0 Å². The van der Waals surface area contributed by atoms with Gasteiger partial charge in [0.15, 0.2) is 0 Å². The lowest BCUT2D eigenvalue weighted by Crippen LogP contribution is -2.18. The van der Waals surface area contributed by atoms with Crippen molar-refractivity contribution < 1.29 is 0 Å². The smallest absolute Gasteiger partial charge is 0.0848 e. The van der Waals surface area contributed by atoms with Crippen molar-refractivity contribution in [3.05, 3.63) is 95.7 Å². The van der Waals surface area contributed by atoms with E-state index in [0.717, 1.165) is 12.1 Å². The Labute approximate surface area is 144 Å². The molecule has 3 rings (SSSR count). The molecule has 0 bridgehead atoms. The van der Waals surface area contributed by atoms with E-state index in [1.807, 2.05) is 0 Å². The third-order valence-electron chi connectivity index (χ3n) is 4.50. The fraction of sp³-hybridized carbons (Fsp3) is 0.174. The predicted molar refractivity (Wildman–Crippen MR) is 104 cm³/mol. The summed E-state index contributed by atoms with van der Waals surface area (Å²) in [6.45, 7) is 8.26. The summed E-state index contributed by atoms with van der Waals surface area (Å²) in [6.07, 6.45) is 0.992. The van der Waals surface area contributed by atoms with E-state index >= 15 is 0 Å². The molecule has 24 heavy (non-hydrogen) atoms. The molecule has 0 spiro atoms.